The number of carbonyl (C=O) groups excluding carboxylic acids is 3. The van der Waals surface area contributed by atoms with E-state index in [0.717, 1.165) is 5.56 Å². The smallest absolute Gasteiger partial charge is 0.331 e. The molecule has 0 bridgehead atoms. The van der Waals surface area contributed by atoms with Crippen LogP contribution in [-0.2, 0) is 38.7 Å². The van der Waals surface area contributed by atoms with Gasteiger partial charge in [0.2, 0.25) is 24.1 Å². The molecule has 4 aliphatic rings. The number of fused-ring (bicyclic) bond motifs is 2. The fraction of sp³-hybridized carbons (Fsp3) is 0.364. The van der Waals surface area contributed by atoms with E-state index in [-0.39, 0.29) is 36.2 Å². The summed E-state index contributed by atoms with van der Waals surface area (Å²) in [5.41, 5.74) is -1.44. The molecule has 0 aromatic heterocycles. The third-order valence-electron chi connectivity index (χ3n) is 8.75. The number of ketones is 1. The number of carbonyl (C=O) groups is 3. The van der Waals surface area contributed by atoms with Crippen LogP contribution < -0.4 is 14.2 Å². The van der Waals surface area contributed by atoms with E-state index < -0.39 is 46.9 Å². The van der Waals surface area contributed by atoms with Crippen molar-refractivity contribution in [1.82, 2.24) is 0 Å². The molecule has 2 heterocycles. The van der Waals surface area contributed by atoms with Gasteiger partial charge in [0, 0.05) is 30.0 Å². The minimum Gasteiger partial charge on any atom is -0.496 e. The highest BCUT2D eigenvalue weighted by Gasteiger charge is 2.64. The van der Waals surface area contributed by atoms with Gasteiger partial charge in [0.1, 0.15) is 23.7 Å². The first-order valence-electron chi connectivity index (χ1n) is 14.1. The summed E-state index contributed by atoms with van der Waals surface area (Å²) in [6, 6.07) is 10.9. The van der Waals surface area contributed by atoms with E-state index in [4.69, 9.17) is 33.2 Å². The van der Waals surface area contributed by atoms with Crippen LogP contribution in [0.4, 0.5) is 0 Å². The van der Waals surface area contributed by atoms with Crippen molar-refractivity contribution in [2.45, 2.75) is 44.0 Å². The van der Waals surface area contributed by atoms with Crippen LogP contribution >= 0.6 is 0 Å². The van der Waals surface area contributed by atoms with Crippen molar-refractivity contribution < 1.29 is 52.6 Å². The molecule has 1 spiro atoms. The molecule has 5 atom stereocenters. The maximum Gasteiger partial charge on any atom is 0.331 e. The first-order chi connectivity index (χ1) is 21.0. The van der Waals surface area contributed by atoms with E-state index in [1.165, 1.54) is 40.2 Å². The highest BCUT2D eigenvalue weighted by atomic mass is 16.7. The zero-order valence-electron chi connectivity index (χ0n) is 24.9. The fourth-order valence-corrected chi connectivity index (χ4v) is 6.56. The normalized spacial score (nSPS) is 28.3. The standard InChI is InChI=1S/C33H32O11/c1-17-26(44-24(36)12-11-19-9-7-6-8-10-19)20-13-23-28(42-16-41-23)29-25(20)33(15-40-29)21(30(32(17,3)37)43-18(2)34)14-22(35)27(38-4)31(33)39-5/h6-14,17,26,30,37H,15-16H2,1-5H3/b12-11+/t17-,26+,30-,32-,33-/m1/s1. The SMILES string of the molecule is COC1=C(OC)[C@@]23COc4c5c(cc(c42)[C@@H](OC(=O)/C=C/c2ccccc2)[C@@H](C)[C@@](C)(O)[C@H](OC(C)=O)C3=CC1=O)OCO5. The van der Waals surface area contributed by atoms with E-state index >= 15 is 0 Å². The number of hydrogen-bond donors (Lipinski definition) is 1. The van der Waals surface area contributed by atoms with Gasteiger partial charge in [0.15, 0.2) is 23.4 Å². The average Bonchev–Trinajstić information content (AvgIpc) is 3.63. The third kappa shape index (κ3) is 4.33. The number of benzene rings is 2. The number of ether oxygens (including phenoxy) is 7. The van der Waals surface area contributed by atoms with Crippen molar-refractivity contribution in [2.24, 2.45) is 5.92 Å². The first-order valence-corrected chi connectivity index (χ1v) is 14.1. The van der Waals surface area contributed by atoms with E-state index in [1.54, 1.807) is 19.1 Å². The number of methoxy groups -OCH3 is 2. The lowest BCUT2D eigenvalue weighted by Crippen LogP contribution is -2.57. The van der Waals surface area contributed by atoms with Crippen LogP contribution in [0.3, 0.4) is 0 Å². The lowest BCUT2D eigenvalue weighted by atomic mass is 9.60. The zero-order chi connectivity index (χ0) is 31.4. The Morgan fingerprint density at radius 1 is 1.05 bits per heavy atom. The zero-order valence-corrected chi connectivity index (χ0v) is 24.9. The minimum atomic E-state index is -1.89. The van der Waals surface area contributed by atoms with Crippen molar-refractivity contribution in [3.8, 4) is 17.2 Å². The van der Waals surface area contributed by atoms with Crippen LogP contribution in [-0.4, -0.2) is 62.2 Å². The van der Waals surface area contributed by atoms with Crippen LogP contribution in [0.1, 0.15) is 43.6 Å². The predicted octanol–water partition coefficient (Wildman–Crippen LogP) is 3.69. The van der Waals surface area contributed by atoms with Crippen molar-refractivity contribution in [3.63, 3.8) is 0 Å². The number of allylic oxidation sites excluding steroid dienone is 1. The molecule has 11 heteroatoms. The molecule has 0 fully saturated rings. The van der Waals surface area contributed by atoms with Crippen LogP contribution in [0.25, 0.3) is 6.08 Å². The fourth-order valence-electron chi connectivity index (χ4n) is 6.56. The van der Waals surface area contributed by atoms with Gasteiger partial charge < -0.3 is 38.3 Å². The second-order valence-corrected chi connectivity index (χ2v) is 11.2. The molecular formula is C33H32O11. The molecule has 2 aromatic carbocycles. The molecule has 2 aliphatic carbocycles. The summed E-state index contributed by atoms with van der Waals surface area (Å²) in [5.74, 6) is -1.87. The molecule has 2 aromatic rings. The Morgan fingerprint density at radius 2 is 1.80 bits per heavy atom. The average molecular weight is 605 g/mol. The second-order valence-electron chi connectivity index (χ2n) is 11.2. The van der Waals surface area contributed by atoms with Gasteiger partial charge in [-0.05, 0) is 36.3 Å². The summed E-state index contributed by atoms with van der Waals surface area (Å²) in [6.07, 6.45) is 1.69. The molecule has 0 radical (unpaired) electrons. The van der Waals surface area contributed by atoms with E-state index in [9.17, 15) is 19.5 Å². The molecule has 0 saturated carbocycles. The van der Waals surface area contributed by atoms with Crippen molar-refractivity contribution in [3.05, 3.63) is 82.3 Å². The van der Waals surface area contributed by atoms with Crippen LogP contribution in [0, 0.1) is 5.92 Å². The summed E-state index contributed by atoms with van der Waals surface area (Å²) >= 11 is 0. The lowest BCUT2D eigenvalue weighted by molar-refractivity contribution is -0.177. The summed E-state index contributed by atoms with van der Waals surface area (Å²) in [4.78, 5) is 39.4. The Balaban J connectivity index is 1.62. The maximum absolute atomic E-state index is 13.4. The number of aliphatic hydroxyl groups is 1. The molecule has 1 N–H and O–H groups in total. The Kier molecular flexibility index (Phi) is 7.16. The van der Waals surface area contributed by atoms with Gasteiger partial charge in [0.05, 0.1) is 14.2 Å². The Hall–Kier alpha value is -4.77. The molecule has 6 rings (SSSR count). The van der Waals surface area contributed by atoms with Crippen molar-refractivity contribution in [2.75, 3.05) is 27.6 Å². The van der Waals surface area contributed by atoms with Gasteiger partial charge >= 0.3 is 11.9 Å². The quantitative estimate of drug-likeness (QED) is 0.382. The highest BCUT2D eigenvalue weighted by Crippen LogP contribution is 2.63. The molecule has 0 saturated heterocycles. The van der Waals surface area contributed by atoms with Gasteiger partial charge in [-0.2, -0.15) is 0 Å². The Labute approximate surface area is 253 Å². The molecule has 2 aliphatic heterocycles. The number of rotatable bonds is 6. The van der Waals surface area contributed by atoms with Gasteiger partial charge in [0.25, 0.3) is 0 Å². The summed E-state index contributed by atoms with van der Waals surface area (Å²) in [7, 11) is 2.73. The van der Waals surface area contributed by atoms with E-state index in [2.05, 4.69) is 0 Å². The second kappa shape index (κ2) is 10.7. The first kappa shape index (κ1) is 29.3. The summed E-state index contributed by atoms with van der Waals surface area (Å²) in [6.45, 7) is 4.14. The summed E-state index contributed by atoms with van der Waals surface area (Å²) in [5, 5.41) is 12.3. The van der Waals surface area contributed by atoms with Crippen molar-refractivity contribution in [1.29, 1.82) is 0 Å². The molecule has 0 amide bonds. The van der Waals surface area contributed by atoms with Crippen molar-refractivity contribution >= 4 is 23.8 Å². The third-order valence-corrected chi connectivity index (χ3v) is 8.75. The van der Waals surface area contributed by atoms with Gasteiger partial charge in [-0.3, -0.25) is 9.59 Å². The molecule has 44 heavy (non-hydrogen) atoms. The monoisotopic (exact) mass is 604 g/mol. The van der Waals surface area contributed by atoms with E-state index in [0.29, 0.717) is 22.6 Å². The van der Waals surface area contributed by atoms with E-state index in [1.807, 2.05) is 30.3 Å². The van der Waals surface area contributed by atoms with Crippen LogP contribution in [0.2, 0.25) is 0 Å². The summed E-state index contributed by atoms with van der Waals surface area (Å²) < 4.78 is 41.2. The number of esters is 2. The Bertz CT molecular complexity index is 1630. The minimum absolute atomic E-state index is 0.0767. The van der Waals surface area contributed by atoms with Gasteiger partial charge in [-0.1, -0.05) is 37.3 Å². The molecule has 230 valence electrons. The molecule has 11 nitrogen and oxygen atoms in total. The highest BCUT2D eigenvalue weighted by molar-refractivity contribution is 6.06. The Morgan fingerprint density at radius 3 is 2.48 bits per heavy atom. The lowest BCUT2D eigenvalue weighted by Gasteiger charge is -2.49. The molecular weight excluding hydrogens is 572 g/mol. The van der Waals surface area contributed by atoms with Gasteiger partial charge in [-0.25, -0.2) is 4.79 Å². The predicted molar refractivity (Wildman–Crippen MR) is 154 cm³/mol. The topological polar surface area (TPSA) is 136 Å². The van der Waals surface area contributed by atoms with Crippen LogP contribution in [0.5, 0.6) is 17.2 Å². The maximum atomic E-state index is 13.4. The van der Waals surface area contributed by atoms with Gasteiger partial charge in [-0.15, -0.1) is 0 Å². The van der Waals surface area contributed by atoms with Crippen LogP contribution in [0.15, 0.2) is 65.6 Å². The largest absolute Gasteiger partial charge is 0.496 e. The molecule has 0 unspecified atom stereocenters. The number of hydrogen-bond acceptors (Lipinski definition) is 11.